The molecule has 0 radical (unpaired) electrons. The summed E-state index contributed by atoms with van der Waals surface area (Å²) in [5.41, 5.74) is -0.0678. The third-order valence-electron chi connectivity index (χ3n) is 3.26. The summed E-state index contributed by atoms with van der Waals surface area (Å²) >= 11 is 0. The molecule has 0 spiro atoms. The van der Waals surface area contributed by atoms with E-state index in [2.05, 4.69) is 6.92 Å². The molecule has 1 rings (SSSR count). The van der Waals surface area contributed by atoms with Crippen LogP contribution in [0.2, 0.25) is 0 Å². The normalized spacial score (nSPS) is 25.2. The van der Waals surface area contributed by atoms with E-state index in [4.69, 9.17) is 4.74 Å². The molecule has 1 saturated heterocycles. The van der Waals surface area contributed by atoms with Crippen molar-refractivity contribution >= 4 is 0 Å². The van der Waals surface area contributed by atoms with Crippen molar-refractivity contribution in [3.05, 3.63) is 0 Å². The van der Waals surface area contributed by atoms with Gasteiger partial charge in [0.05, 0.1) is 11.7 Å². The first-order chi connectivity index (χ1) is 7.08. The summed E-state index contributed by atoms with van der Waals surface area (Å²) in [6.07, 6.45) is 8.45. The largest absolute Gasteiger partial charge is 0.390 e. The lowest BCUT2D eigenvalue weighted by atomic mass is 10.0. The summed E-state index contributed by atoms with van der Waals surface area (Å²) in [6.45, 7) is 6.32. The first-order valence-electron chi connectivity index (χ1n) is 6.44. The van der Waals surface area contributed by atoms with Gasteiger partial charge in [-0.1, -0.05) is 45.4 Å². The van der Waals surface area contributed by atoms with E-state index in [1.165, 1.54) is 32.1 Å². The lowest BCUT2D eigenvalue weighted by Crippen LogP contribution is -2.20. The molecule has 1 aliphatic rings. The molecule has 1 aliphatic heterocycles. The van der Waals surface area contributed by atoms with Gasteiger partial charge in [-0.15, -0.1) is 0 Å². The lowest BCUT2D eigenvalue weighted by molar-refractivity contribution is 0.123. The van der Waals surface area contributed by atoms with Gasteiger partial charge < -0.3 is 9.84 Å². The number of hydrogen-bond acceptors (Lipinski definition) is 2. The predicted molar refractivity (Wildman–Crippen MR) is 63.0 cm³/mol. The van der Waals surface area contributed by atoms with Crippen LogP contribution in [-0.2, 0) is 4.74 Å². The maximum atomic E-state index is 9.80. The third kappa shape index (κ3) is 4.52. The Labute approximate surface area is 94.0 Å². The molecule has 2 unspecified atom stereocenters. The van der Waals surface area contributed by atoms with Crippen LogP contribution in [0, 0.1) is 0 Å². The minimum Gasteiger partial charge on any atom is -0.390 e. The first-order valence-corrected chi connectivity index (χ1v) is 6.44. The van der Waals surface area contributed by atoms with Gasteiger partial charge in [0.1, 0.15) is 6.10 Å². The Bertz CT molecular complexity index is 177. The zero-order valence-electron chi connectivity index (χ0n) is 10.5. The van der Waals surface area contributed by atoms with Crippen molar-refractivity contribution in [2.45, 2.75) is 83.5 Å². The van der Waals surface area contributed by atoms with Crippen molar-refractivity contribution < 1.29 is 9.84 Å². The molecule has 0 aromatic rings. The fraction of sp³-hybridized carbons (Fsp3) is 1.00. The Morgan fingerprint density at radius 2 is 1.67 bits per heavy atom. The number of ether oxygens (including phenoxy) is 1. The number of hydrogen-bond donors (Lipinski definition) is 1. The molecule has 1 N–H and O–H groups in total. The monoisotopic (exact) mass is 214 g/mol. The van der Waals surface area contributed by atoms with Crippen LogP contribution < -0.4 is 0 Å². The molecule has 0 aromatic heterocycles. The highest BCUT2D eigenvalue weighted by Gasteiger charge is 2.51. The molecule has 0 aromatic carbocycles. The summed E-state index contributed by atoms with van der Waals surface area (Å²) in [6, 6.07) is 0. The average Bonchev–Trinajstić information content (AvgIpc) is 2.81. The molecule has 2 nitrogen and oxygen atoms in total. The first kappa shape index (κ1) is 13.0. The zero-order valence-corrected chi connectivity index (χ0v) is 10.5. The Hall–Kier alpha value is -0.0800. The van der Waals surface area contributed by atoms with Gasteiger partial charge in [-0.3, -0.25) is 0 Å². The highest BCUT2D eigenvalue weighted by Crippen LogP contribution is 2.38. The van der Waals surface area contributed by atoms with E-state index in [-0.39, 0.29) is 17.8 Å². The van der Waals surface area contributed by atoms with Crippen LogP contribution in [-0.4, -0.2) is 22.9 Å². The molecule has 2 atom stereocenters. The number of rotatable bonds is 8. The van der Waals surface area contributed by atoms with Gasteiger partial charge >= 0.3 is 0 Å². The van der Waals surface area contributed by atoms with Crippen molar-refractivity contribution in [3.8, 4) is 0 Å². The van der Waals surface area contributed by atoms with Crippen LogP contribution >= 0.6 is 0 Å². The van der Waals surface area contributed by atoms with Crippen LogP contribution in [0.15, 0.2) is 0 Å². The molecule has 2 heteroatoms. The fourth-order valence-corrected chi connectivity index (χ4v) is 2.12. The minimum atomic E-state index is -0.244. The molecule has 1 fully saturated rings. The summed E-state index contributed by atoms with van der Waals surface area (Å²) in [5.74, 6) is 0. The van der Waals surface area contributed by atoms with Gasteiger partial charge in [0.25, 0.3) is 0 Å². The Morgan fingerprint density at radius 1 is 1.13 bits per heavy atom. The van der Waals surface area contributed by atoms with E-state index in [1.54, 1.807) is 0 Å². The number of aliphatic hydroxyl groups excluding tert-OH is 1. The maximum Gasteiger partial charge on any atom is 0.113 e. The van der Waals surface area contributed by atoms with Crippen molar-refractivity contribution in [1.82, 2.24) is 0 Å². The maximum absolute atomic E-state index is 9.80. The van der Waals surface area contributed by atoms with E-state index in [0.717, 1.165) is 12.8 Å². The molecule has 1 heterocycles. The average molecular weight is 214 g/mol. The second kappa shape index (κ2) is 5.86. The van der Waals surface area contributed by atoms with Gasteiger partial charge in [0.15, 0.2) is 0 Å². The SMILES string of the molecule is CCCCCCCCC(O)C1OC1(C)C. The minimum absolute atomic E-state index is 0.0678. The lowest BCUT2D eigenvalue weighted by Gasteiger charge is -2.08. The van der Waals surface area contributed by atoms with Gasteiger partial charge in [-0.25, -0.2) is 0 Å². The van der Waals surface area contributed by atoms with Crippen LogP contribution in [0.1, 0.15) is 65.7 Å². The third-order valence-corrected chi connectivity index (χ3v) is 3.26. The summed E-state index contributed by atoms with van der Waals surface area (Å²) in [7, 11) is 0. The van der Waals surface area contributed by atoms with Crippen LogP contribution in [0.3, 0.4) is 0 Å². The van der Waals surface area contributed by atoms with Gasteiger partial charge in [-0.05, 0) is 20.3 Å². The zero-order chi connectivity index (χ0) is 11.3. The molecule has 0 amide bonds. The van der Waals surface area contributed by atoms with E-state index in [9.17, 15) is 5.11 Å². The van der Waals surface area contributed by atoms with E-state index < -0.39 is 0 Å². The van der Waals surface area contributed by atoms with Gasteiger partial charge in [0, 0.05) is 0 Å². The van der Waals surface area contributed by atoms with Gasteiger partial charge in [0.2, 0.25) is 0 Å². The molecule has 0 saturated carbocycles. The smallest absolute Gasteiger partial charge is 0.113 e. The summed E-state index contributed by atoms with van der Waals surface area (Å²) < 4.78 is 5.41. The van der Waals surface area contributed by atoms with E-state index in [0.29, 0.717) is 0 Å². The molecular formula is C13H26O2. The topological polar surface area (TPSA) is 32.8 Å². The molecule has 90 valence electrons. The Kier molecular flexibility index (Phi) is 5.07. The van der Waals surface area contributed by atoms with E-state index >= 15 is 0 Å². The summed E-state index contributed by atoms with van der Waals surface area (Å²) in [5, 5.41) is 9.80. The van der Waals surface area contributed by atoms with Gasteiger partial charge in [-0.2, -0.15) is 0 Å². The van der Waals surface area contributed by atoms with E-state index in [1.807, 2.05) is 13.8 Å². The standard InChI is InChI=1S/C13H26O2/c1-4-5-6-7-8-9-10-11(14)12-13(2,3)15-12/h11-12,14H,4-10H2,1-3H3. The molecule has 0 bridgehead atoms. The number of epoxide rings is 1. The summed E-state index contributed by atoms with van der Waals surface area (Å²) in [4.78, 5) is 0. The fourth-order valence-electron chi connectivity index (χ4n) is 2.12. The van der Waals surface area contributed by atoms with Crippen molar-refractivity contribution in [3.63, 3.8) is 0 Å². The quantitative estimate of drug-likeness (QED) is 0.497. The Morgan fingerprint density at radius 3 is 2.20 bits per heavy atom. The second-order valence-corrected chi connectivity index (χ2v) is 5.27. The number of unbranched alkanes of at least 4 members (excludes halogenated alkanes) is 5. The molecule has 15 heavy (non-hydrogen) atoms. The van der Waals surface area contributed by atoms with Crippen LogP contribution in [0.5, 0.6) is 0 Å². The van der Waals surface area contributed by atoms with Crippen molar-refractivity contribution in [2.24, 2.45) is 0 Å². The molecular weight excluding hydrogens is 188 g/mol. The van der Waals surface area contributed by atoms with Crippen molar-refractivity contribution in [1.29, 1.82) is 0 Å². The van der Waals surface area contributed by atoms with Crippen LogP contribution in [0.25, 0.3) is 0 Å². The van der Waals surface area contributed by atoms with Crippen LogP contribution in [0.4, 0.5) is 0 Å². The number of aliphatic hydroxyl groups is 1. The highest BCUT2D eigenvalue weighted by atomic mass is 16.6. The predicted octanol–water partition coefficient (Wildman–Crippen LogP) is 3.28. The molecule has 0 aliphatic carbocycles. The Balaban J connectivity index is 1.92. The highest BCUT2D eigenvalue weighted by molar-refractivity contribution is 4.99. The van der Waals surface area contributed by atoms with Crippen molar-refractivity contribution in [2.75, 3.05) is 0 Å². The second-order valence-electron chi connectivity index (χ2n) is 5.27.